The number of benzene rings is 2. The van der Waals surface area contributed by atoms with Crippen molar-refractivity contribution in [3.05, 3.63) is 77.7 Å². The average molecular weight is 313 g/mol. The van der Waals surface area contributed by atoms with Crippen LogP contribution in [-0.4, -0.2) is 9.97 Å². The van der Waals surface area contributed by atoms with E-state index in [0.29, 0.717) is 10.9 Å². The Balaban J connectivity index is 1.82. The molecule has 104 valence electrons. The second kappa shape index (κ2) is 6.74. The summed E-state index contributed by atoms with van der Waals surface area (Å²) in [6.45, 7) is 0. The quantitative estimate of drug-likeness (QED) is 0.496. The summed E-state index contributed by atoms with van der Waals surface area (Å²) in [5, 5.41) is 0.479. The maximum absolute atomic E-state index is 6.12. The van der Waals surface area contributed by atoms with Crippen LogP contribution in [0.4, 0.5) is 0 Å². The number of rotatable bonds is 4. The molecule has 4 heteroatoms. The minimum Gasteiger partial charge on any atom is -0.232 e. The van der Waals surface area contributed by atoms with E-state index in [2.05, 4.69) is 22.1 Å². The molecule has 1 heterocycles. The van der Waals surface area contributed by atoms with Gasteiger partial charge in [0, 0.05) is 16.5 Å². The van der Waals surface area contributed by atoms with Crippen LogP contribution in [0.2, 0.25) is 5.15 Å². The molecule has 0 aliphatic rings. The van der Waals surface area contributed by atoms with Crippen molar-refractivity contribution in [2.24, 2.45) is 0 Å². The van der Waals surface area contributed by atoms with Gasteiger partial charge in [0.25, 0.3) is 0 Å². The number of halogens is 1. The Bertz CT molecular complexity index is 717. The topological polar surface area (TPSA) is 25.8 Å². The summed E-state index contributed by atoms with van der Waals surface area (Å²) in [7, 11) is 0. The Labute approximate surface area is 133 Å². The highest BCUT2D eigenvalue weighted by Gasteiger charge is 2.06. The molecule has 0 saturated heterocycles. The lowest BCUT2D eigenvalue weighted by atomic mass is 10.1. The summed E-state index contributed by atoms with van der Waals surface area (Å²) in [6.07, 6.45) is 0. The number of thioether (sulfide) groups is 1. The predicted octanol–water partition coefficient (Wildman–Crippen LogP) is 5.09. The second-order valence-corrected chi connectivity index (χ2v) is 5.90. The van der Waals surface area contributed by atoms with E-state index in [1.54, 1.807) is 17.8 Å². The minimum absolute atomic E-state index is 0.479. The molecule has 1 aromatic heterocycles. The molecule has 0 bridgehead atoms. The summed E-state index contributed by atoms with van der Waals surface area (Å²) >= 11 is 7.82. The van der Waals surface area contributed by atoms with Crippen molar-refractivity contribution >= 4 is 23.4 Å². The normalized spacial score (nSPS) is 10.5. The summed E-state index contributed by atoms with van der Waals surface area (Å²) in [6, 6.07) is 22.0. The fourth-order valence-electron chi connectivity index (χ4n) is 1.95. The molecule has 0 spiro atoms. The molecular formula is C17H13ClN2S. The Morgan fingerprint density at radius 3 is 2.24 bits per heavy atom. The molecule has 0 saturated carbocycles. The van der Waals surface area contributed by atoms with Crippen molar-refractivity contribution in [3.63, 3.8) is 0 Å². The summed E-state index contributed by atoms with van der Waals surface area (Å²) in [5.41, 5.74) is 1.91. The molecule has 0 atom stereocenters. The van der Waals surface area contributed by atoms with Crippen molar-refractivity contribution in [1.82, 2.24) is 9.97 Å². The fraction of sp³-hybridized carbons (Fsp3) is 0.0588. The van der Waals surface area contributed by atoms with Gasteiger partial charge in [-0.3, -0.25) is 0 Å². The fourth-order valence-corrected chi connectivity index (χ4v) is 2.93. The van der Waals surface area contributed by atoms with E-state index in [-0.39, 0.29) is 0 Å². The van der Waals surface area contributed by atoms with Crippen LogP contribution in [0.5, 0.6) is 0 Å². The van der Waals surface area contributed by atoms with E-state index >= 15 is 0 Å². The van der Waals surface area contributed by atoms with Gasteiger partial charge in [-0.2, -0.15) is 0 Å². The van der Waals surface area contributed by atoms with E-state index in [4.69, 9.17) is 11.6 Å². The molecule has 3 aromatic rings. The second-order valence-electron chi connectivity index (χ2n) is 4.46. The van der Waals surface area contributed by atoms with Crippen LogP contribution in [0.1, 0.15) is 5.82 Å². The number of hydrogen-bond acceptors (Lipinski definition) is 3. The molecule has 0 unspecified atom stereocenters. The van der Waals surface area contributed by atoms with E-state index < -0.39 is 0 Å². The summed E-state index contributed by atoms with van der Waals surface area (Å²) < 4.78 is 0. The van der Waals surface area contributed by atoms with Crippen LogP contribution in [0, 0.1) is 0 Å². The first-order valence-electron chi connectivity index (χ1n) is 6.58. The first-order chi connectivity index (χ1) is 10.3. The first-order valence-corrected chi connectivity index (χ1v) is 7.94. The van der Waals surface area contributed by atoms with Crippen LogP contribution in [0.3, 0.4) is 0 Å². The van der Waals surface area contributed by atoms with Gasteiger partial charge in [0.05, 0.1) is 11.4 Å². The van der Waals surface area contributed by atoms with Gasteiger partial charge in [-0.05, 0) is 12.1 Å². The molecule has 0 aliphatic carbocycles. The van der Waals surface area contributed by atoms with Crippen molar-refractivity contribution in [2.75, 3.05) is 0 Å². The summed E-state index contributed by atoms with van der Waals surface area (Å²) in [4.78, 5) is 10.1. The van der Waals surface area contributed by atoms with Gasteiger partial charge < -0.3 is 0 Å². The Kier molecular flexibility index (Phi) is 4.53. The molecule has 0 fully saturated rings. The van der Waals surface area contributed by atoms with Crippen LogP contribution in [0.25, 0.3) is 11.3 Å². The highest BCUT2D eigenvalue weighted by atomic mass is 35.5. The van der Waals surface area contributed by atoms with E-state index in [0.717, 1.165) is 17.1 Å². The lowest BCUT2D eigenvalue weighted by Crippen LogP contribution is -1.95. The van der Waals surface area contributed by atoms with E-state index in [1.165, 1.54) is 4.90 Å². The van der Waals surface area contributed by atoms with Crippen LogP contribution < -0.4 is 0 Å². The number of aromatic nitrogens is 2. The Morgan fingerprint density at radius 1 is 0.857 bits per heavy atom. The standard InChI is InChI=1S/C17H13ClN2S/c18-16-11-15(13-7-3-1-4-8-13)19-17(20-16)12-21-14-9-5-2-6-10-14/h1-11H,12H2. The van der Waals surface area contributed by atoms with Crippen molar-refractivity contribution in [1.29, 1.82) is 0 Å². The Morgan fingerprint density at radius 2 is 1.52 bits per heavy atom. The minimum atomic E-state index is 0.479. The zero-order valence-electron chi connectivity index (χ0n) is 11.2. The molecule has 2 nitrogen and oxygen atoms in total. The van der Waals surface area contributed by atoms with Gasteiger partial charge in [-0.1, -0.05) is 60.1 Å². The number of hydrogen-bond donors (Lipinski definition) is 0. The number of nitrogens with zero attached hydrogens (tertiary/aromatic N) is 2. The predicted molar refractivity (Wildman–Crippen MR) is 88.5 cm³/mol. The van der Waals surface area contributed by atoms with Crippen molar-refractivity contribution in [2.45, 2.75) is 10.6 Å². The van der Waals surface area contributed by atoms with Gasteiger partial charge >= 0.3 is 0 Å². The molecule has 0 radical (unpaired) electrons. The highest BCUT2D eigenvalue weighted by molar-refractivity contribution is 7.98. The molecule has 0 aliphatic heterocycles. The molecule has 21 heavy (non-hydrogen) atoms. The maximum Gasteiger partial charge on any atom is 0.140 e. The molecule has 0 amide bonds. The van der Waals surface area contributed by atoms with Crippen LogP contribution in [0.15, 0.2) is 71.6 Å². The van der Waals surface area contributed by atoms with Gasteiger partial charge in [0.15, 0.2) is 0 Å². The van der Waals surface area contributed by atoms with Gasteiger partial charge in [-0.15, -0.1) is 11.8 Å². The largest absolute Gasteiger partial charge is 0.232 e. The van der Waals surface area contributed by atoms with Crippen molar-refractivity contribution in [3.8, 4) is 11.3 Å². The third kappa shape index (κ3) is 3.84. The first kappa shape index (κ1) is 14.1. The third-order valence-corrected chi connectivity index (χ3v) is 4.12. The maximum atomic E-state index is 6.12. The summed E-state index contributed by atoms with van der Waals surface area (Å²) in [5.74, 6) is 1.44. The van der Waals surface area contributed by atoms with E-state index in [1.807, 2.05) is 48.5 Å². The van der Waals surface area contributed by atoms with Gasteiger partial charge in [-0.25, -0.2) is 9.97 Å². The lowest BCUT2D eigenvalue weighted by molar-refractivity contribution is 1.04. The lowest BCUT2D eigenvalue weighted by Gasteiger charge is -2.05. The van der Waals surface area contributed by atoms with Gasteiger partial charge in [0.1, 0.15) is 11.0 Å². The highest BCUT2D eigenvalue weighted by Crippen LogP contribution is 2.24. The molecular weight excluding hydrogens is 300 g/mol. The van der Waals surface area contributed by atoms with Crippen LogP contribution in [-0.2, 0) is 5.75 Å². The average Bonchev–Trinajstić information content (AvgIpc) is 2.54. The van der Waals surface area contributed by atoms with Crippen molar-refractivity contribution < 1.29 is 0 Å². The zero-order valence-corrected chi connectivity index (χ0v) is 12.8. The van der Waals surface area contributed by atoms with Crippen LogP contribution >= 0.6 is 23.4 Å². The molecule has 3 rings (SSSR count). The smallest absolute Gasteiger partial charge is 0.140 e. The third-order valence-electron chi connectivity index (χ3n) is 2.92. The van der Waals surface area contributed by atoms with Gasteiger partial charge in [0.2, 0.25) is 0 Å². The van der Waals surface area contributed by atoms with E-state index in [9.17, 15) is 0 Å². The molecule has 2 aromatic carbocycles. The zero-order chi connectivity index (χ0) is 14.5. The SMILES string of the molecule is Clc1cc(-c2ccccc2)nc(CSc2ccccc2)n1. The Hall–Kier alpha value is -1.84. The monoisotopic (exact) mass is 312 g/mol. The molecule has 0 N–H and O–H groups in total.